The summed E-state index contributed by atoms with van der Waals surface area (Å²) in [6.07, 6.45) is 1.60. The average molecular weight is 286 g/mol. The maximum atomic E-state index is 11.2. The molecule has 0 aliphatic carbocycles. The first-order chi connectivity index (χ1) is 5.60. The van der Waals surface area contributed by atoms with E-state index >= 15 is 0 Å². The van der Waals surface area contributed by atoms with E-state index in [0.717, 1.165) is 10.8 Å². The van der Waals surface area contributed by atoms with Gasteiger partial charge in [0.1, 0.15) is 0 Å². The molecule has 3 nitrogen and oxygen atoms in total. The Morgan fingerprint density at radius 2 is 2.25 bits per heavy atom. The lowest BCUT2D eigenvalue weighted by atomic mass is 9.87. The third-order valence-electron chi connectivity index (χ3n) is 1.89. The van der Waals surface area contributed by atoms with Crippen LogP contribution in [0.15, 0.2) is 0 Å². The molecule has 0 radical (unpaired) electrons. The molecule has 0 fully saturated rings. The smallest absolute Gasteiger partial charge is 0.313 e. The van der Waals surface area contributed by atoms with E-state index in [1.165, 1.54) is 7.11 Å². The van der Waals surface area contributed by atoms with Gasteiger partial charge in [-0.2, -0.15) is 0 Å². The Hall–Kier alpha value is 0.160. The number of ether oxygens (including phenoxy) is 1. The van der Waals surface area contributed by atoms with E-state index in [0.29, 0.717) is 6.42 Å². The second-order valence-electron chi connectivity index (χ2n) is 3.00. The number of aliphatic hydroxyl groups is 1. The molecule has 0 spiro atoms. The van der Waals surface area contributed by atoms with E-state index < -0.39 is 5.41 Å². The van der Waals surface area contributed by atoms with Crippen LogP contribution in [-0.4, -0.2) is 29.2 Å². The Balaban J connectivity index is 4.13. The second kappa shape index (κ2) is 5.75. The van der Waals surface area contributed by atoms with E-state index in [4.69, 9.17) is 5.11 Å². The third-order valence-corrected chi connectivity index (χ3v) is 2.65. The van der Waals surface area contributed by atoms with Crippen LogP contribution < -0.4 is 0 Å². The molecule has 0 heterocycles. The summed E-state index contributed by atoms with van der Waals surface area (Å²) in [6.45, 7) is 1.58. The molecule has 72 valence electrons. The summed E-state index contributed by atoms with van der Waals surface area (Å²) in [4.78, 5) is 11.2. The Labute approximate surface area is 86.6 Å². The van der Waals surface area contributed by atoms with Crippen LogP contribution in [0, 0.1) is 5.41 Å². The van der Waals surface area contributed by atoms with Gasteiger partial charge in [0.15, 0.2) is 0 Å². The number of carbonyl (C=O) groups is 1. The van der Waals surface area contributed by atoms with Crippen LogP contribution in [0.1, 0.15) is 19.8 Å². The number of hydrogen-bond donors (Lipinski definition) is 1. The van der Waals surface area contributed by atoms with E-state index in [2.05, 4.69) is 27.3 Å². The summed E-state index contributed by atoms with van der Waals surface area (Å²) >= 11 is 2.25. The fourth-order valence-corrected chi connectivity index (χ4v) is 1.33. The van der Waals surface area contributed by atoms with Crippen molar-refractivity contribution in [3.63, 3.8) is 0 Å². The third kappa shape index (κ3) is 3.26. The van der Waals surface area contributed by atoms with Crippen molar-refractivity contribution < 1.29 is 14.6 Å². The minimum atomic E-state index is -0.708. The normalized spacial score (nSPS) is 15.3. The number of aliphatic hydroxyl groups excluding tert-OH is 1. The maximum absolute atomic E-state index is 11.2. The van der Waals surface area contributed by atoms with Crippen molar-refractivity contribution in [1.82, 2.24) is 0 Å². The van der Waals surface area contributed by atoms with E-state index in [9.17, 15) is 4.79 Å². The molecule has 4 heteroatoms. The summed E-state index contributed by atoms with van der Waals surface area (Å²) in [6, 6.07) is 0. The molecule has 0 saturated carbocycles. The molecule has 1 N–H and O–H groups in total. The van der Waals surface area contributed by atoms with Crippen LogP contribution in [-0.2, 0) is 9.53 Å². The minimum absolute atomic E-state index is 0.143. The number of carbonyl (C=O) groups excluding carboxylic acids is 1. The molecule has 0 aromatic carbocycles. The fourth-order valence-electron chi connectivity index (χ4n) is 0.949. The SMILES string of the molecule is COC(=O)C(C)(CO)CCCI. The molecular formula is C8H15IO3. The second-order valence-corrected chi connectivity index (χ2v) is 4.08. The van der Waals surface area contributed by atoms with Gasteiger partial charge in [-0.1, -0.05) is 22.6 Å². The Morgan fingerprint density at radius 3 is 2.58 bits per heavy atom. The number of hydrogen-bond acceptors (Lipinski definition) is 3. The zero-order valence-electron chi connectivity index (χ0n) is 7.47. The molecule has 0 rings (SSSR count). The highest BCUT2D eigenvalue weighted by molar-refractivity contribution is 14.1. The van der Waals surface area contributed by atoms with Crippen LogP contribution >= 0.6 is 22.6 Å². The lowest BCUT2D eigenvalue weighted by Crippen LogP contribution is -2.32. The predicted octanol–water partition coefficient (Wildman–Crippen LogP) is 1.37. The molecule has 0 aromatic rings. The van der Waals surface area contributed by atoms with Gasteiger partial charge < -0.3 is 9.84 Å². The molecule has 0 saturated heterocycles. The van der Waals surface area contributed by atoms with Crippen molar-refractivity contribution in [2.75, 3.05) is 18.1 Å². The van der Waals surface area contributed by atoms with E-state index in [1.54, 1.807) is 6.92 Å². The molecule has 0 aliphatic rings. The topological polar surface area (TPSA) is 46.5 Å². The average Bonchev–Trinajstić information content (AvgIpc) is 2.12. The van der Waals surface area contributed by atoms with Gasteiger partial charge in [-0.3, -0.25) is 4.79 Å². The van der Waals surface area contributed by atoms with Gasteiger partial charge in [-0.25, -0.2) is 0 Å². The number of methoxy groups -OCH3 is 1. The number of rotatable bonds is 5. The van der Waals surface area contributed by atoms with Crippen molar-refractivity contribution in [3.8, 4) is 0 Å². The number of esters is 1. The number of alkyl halides is 1. The summed E-state index contributed by atoms with van der Waals surface area (Å²) in [5.41, 5.74) is -0.708. The molecular weight excluding hydrogens is 271 g/mol. The first-order valence-electron chi connectivity index (χ1n) is 3.86. The Bertz CT molecular complexity index is 149. The molecule has 12 heavy (non-hydrogen) atoms. The molecule has 1 unspecified atom stereocenters. The lowest BCUT2D eigenvalue weighted by Gasteiger charge is -2.23. The van der Waals surface area contributed by atoms with Crippen LogP contribution in [0.4, 0.5) is 0 Å². The standard InChI is InChI=1S/C8H15IO3/c1-8(6-10,4-3-5-9)7(11)12-2/h10H,3-6H2,1-2H3. The van der Waals surface area contributed by atoms with Crippen LogP contribution in [0.25, 0.3) is 0 Å². The highest BCUT2D eigenvalue weighted by atomic mass is 127. The first-order valence-corrected chi connectivity index (χ1v) is 5.38. The van der Waals surface area contributed by atoms with Gasteiger partial charge in [0.05, 0.1) is 19.1 Å². The van der Waals surface area contributed by atoms with Crippen molar-refractivity contribution in [2.24, 2.45) is 5.41 Å². The summed E-state index contributed by atoms with van der Waals surface area (Å²) in [7, 11) is 1.35. The summed E-state index contributed by atoms with van der Waals surface area (Å²) in [5.74, 6) is -0.324. The van der Waals surface area contributed by atoms with Gasteiger partial charge in [0.2, 0.25) is 0 Å². The molecule has 0 amide bonds. The minimum Gasteiger partial charge on any atom is -0.469 e. The largest absolute Gasteiger partial charge is 0.469 e. The van der Waals surface area contributed by atoms with Gasteiger partial charge in [0.25, 0.3) is 0 Å². The van der Waals surface area contributed by atoms with Gasteiger partial charge in [-0.05, 0) is 24.2 Å². The van der Waals surface area contributed by atoms with Crippen molar-refractivity contribution in [3.05, 3.63) is 0 Å². The molecule has 0 aromatic heterocycles. The van der Waals surface area contributed by atoms with Gasteiger partial charge in [0, 0.05) is 0 Å². The summed E-state index contributed by atoms with van der Waals surface area (Å²) < 4.78 is 5.59. The van der Waals surface area contributed by atoms with Crippen molar-refractivity contribution >= 4 is 28.6 Å². The Kier molecular flexibility index (Phi) is 5.82. The van der Waals surface area contributed by atoms with Crippen molar-refractivity contribution in [1.29, 1.82) is 0 Å². The van der Waals surface area contributed by atoms with Crippen molar-refractivity contribution in [2.45, 2.75) is 19.8 Å². The van der Waals surface area contributed by atoms with Crippen LogP contribution in [0.3, 0.4) is 0 Å². The van der Waals surface area contributed by atoms with Crippen LogP contribution in [0.5, 0.6) is 0 Å². The monoisotopic (exact) mass is 286 g/mol. The lowest BCUT2D eigenvalue weighted by molar-refractivity contribution is -0.154. The zero-order valence-corrected chi connectivity index (χ0v) is 9.63. The Morgan fingerprint density at radius 1 is 1.67 bits per heavy atom. The number of halogens is 1. The van der Waals surface area contributed by atoms with E-state index in [-0.39, 0.29) is 12.6 Å². The molecule has 1 atom stereocenters. The zero-order chi connectivity index (χ0) is 9.61. The van der Waals surface area contributed by atoms with Crippen LogP contribution in [0.2, 0.25) is 0 Å². The molecule has 0 aliphatic heterocycles. The fraction of sp³-hybridized carbons (Fsp3) is 0.875. The van der Waals surface area contributed by atoms with Gasteiger partial charge in [-0.15, -0.1) is 0 Å². The highest BCUT2D eigenvalue weighted by Crippen LogP contribution is 2.24. The van der Waals surface area contributed by atoms with Gasteiger partial charge >= 0.3 is 5.97 Å². The quantitative estimate of drug-likeness (QED) is 0.472. The summed E-state index contributed by atoms with van der Waals surface area (Å²) in [5, 5.41) is 9.01. The maximum Gasteiger partial charge on any atom is 0.313 e. The molecule has 0 bridgehead atoms. The highest BCUT2D eigenvalue weighted by Gasteiger charge is 2.32. The van der Waals surface area contributed by atoms with E-state index in [1.807, 2.05) is 0 Å². The predicted molar refractivity (Wildman–Crippen MR) is 55.3 cm³/mol. The first kappa shape index (κ1) is 12.2.